The third-order valence-corrected chi connectivity index (χ3v) is 4.25. The molecule has 112 valence electrons. The van der Waals surface area contributed by atoms with Crippen molar-refractivity contribution in [1.82, 2.24) is 4.98 Å². The first kappa shape index (κ1) is 14.4. The number of benzene rings is 1. The van der Waals surface area contributed by atoms with Gasteiger partial charge in [0.15, 0.2) is 0 Å². The number of rotatable bonds is 5. The van der Waals surface area contributed by atoms with Crippen LogP contribution in [0, 0.1) is 0 Å². The van der Waals surface area contributed by atoms with E-state index in [0.717, 1.165) is 27.6 Å². The second-order valence-electron chi connectivity index (χ2n) is 4.82. The predicted molar refractivity (Wildman–Crippen MR) is 89.4 cm³/mol. The van der Waals surface area contributed by atoms with Crippen LogP contribution in [0.15, 0.2) is 54.0 Å². The van der Waals surface area contributed by atoms with Crippen molar-refractivity contribution in [1.29, 1.82) is 0 Å². The zero-order chi connectivity index (χ0) is 15.4. The van der Waals surface area contributed by atoms with Crippen LogP contribution in [-0.2, 0) is 11.2 Å². The Morgan fingerprint density at radius 2 is 2.05 bits per heavy atom. The van der Waals surface area contributed by atoms with Gasteiger partial charge in [-0.05, 0) is 41.3 Å². The summed E-state index contributed by atoms with van der Waals surface area (Å²) < 4.78 is 5.11. The van der Waals surface area contributed by atoms with Gasteiger partial charge in [0.05, 0.1) is 29.8 Å². The zero-order valence-electron chi connectivity index (χ0n) is 12.1. The molecule has 0 atom stereocenters. The third-order valence-electron chi connectivity index (χ3n) is 3.31. The first-order chi connectivity index (χ1) is 10.8. The number of methoxy groups -OCH3 is 1. The van der Waals surface area contributed by atoms with E-state index in [9.17, 15) is 4.79 Å². The fourth-order valence-electron chi connectivity index (χ4n) is 2.21. The summed E-state index contributed by atoms with van der Waals surface area (Å²) >= 11 is 1.60. The molecule has 2 heterocycles. The molecule has 1 amide bonds. The lowest BCUT2D eigenvalue weighted by atomic mass is 10.1. The van der Waals surface area contributed by atoms with Crippen molar-refractivity contribution in [2.24, 2.45) is 0 Å². The summed E-state index contributed by atoms with van der Waals surface area (Å²) in [7, 11) is 1.63. The van der Waals surface area contributed by atoms with Gasteiger partial charge in [-0.15, -0.1) is 11.3 Å². The largest absolute Gasteiger partial charge is 0.497 e. The molecule has 3 rings (SSSR count). The SMILES string of the molecule is COc1ccc(CC(=O)Nc2ccsc2-c2ccc[nH]2)cc1. The summed E-state index contributed by atoms with van der Waals surface area (Å²) in [6.07, 6.45) is 2.21. The molecule has 0 aliphatic heterocycles. The van der Waals surface area contributed by atoms with Gasteiger partial charge in [-0.25, -0.2) is 0 Å². The van der Waals surface area contributed by atoms with Crippen LogP contribution < -0.4 is 10.1 Å². The first-order valence-electron chi connectivity index (χ1n) is 6.90. The van der Waals surface area contributed by atoms with E-state index in [0.29, 0.717) is 6.42 Å². The Morgan fingerprint density at radius 3 is 2.73 bits per heavy atom. The molecule has 1 aromatic carbocycles. The molecule has 0 unspecified atom stereocenters. The highest BCUT2D eigenvalue weighted by Crippen LogP contribution is 2.32. The number of anilines is 1. The fourth-order valence-corrected chi connectivity index (χ4v) is 3.05. The molecule has 0 fully saturated rings. The molecule has 0 aliphatic rings. The maximum absolute atomic E-state index is 12.2. The van der Waals surface area contributed by atoms with Crippen LogP contribution in [-0.4, -0.2) is 18.0 Å². The van der Waals surface area contributed by atoms with Gasteiger partial charge < -0.3 is 15.0 Å². The van der Waals surface area contributed by atoms with Crippen LogP contribution in [0.25, 0.3) is 10.6 Å². The van der Waals surface area contributed by atoms with Crippen LogP contribution in [0.1, 0.15) is 5.56 Å². The van der Waals surface area contributed by atoms with Gasteiger partial charge in [0.25, 0.3) is 0 Å². The molecular weight excluding hydrogens is 296 g/mol. The maximum atomic E-state index is 12.2. The second kappa shape index (κ2) is 6.49. The smallest absolute Gasteiger partial charge is 0.228 e. The zero-order valence-corrected chi connectivity index (χ0v) is 12.9. The minimum atomic E-state index is -0.0311. The van der Waals surface area contributed by atoms with Gasteiger partial charge in [-0.1, -0.05) is 12.1 Å². The number of aromatic nitrogens is 1. The topological polar surface area (TPSA) is 54.1 Å². The van der Waals surface area contributed by atoms with Crippen molar-refractivity contribution in [2.45, 2.75) is 6.42 Å². The molecule has 0 saturated carbocycles. The molecule has 0 bridgehead atoms. The number of nitrogens with one attached hydrogen (secondary N) is 2. The summed E-state index contributed by atoms with van der Waals surface area (Å²) in [6.45, 7) is 0. The van der Waals surface area contributed by atoms with Crippen molar-refractivity contribution < 1.29 is 9.53 Å². The Kier molecular flexibility index (Phi) is 4.25. The van der Waals surface area contributed by atoms with E-state index >= 15 is 0 Å². The summed E-state index contributed by atoms with van der Waals surface area (Å²) in [5, 5.41) is 4.95. The summed E-state index contributed by atoms with van der Waals surface area (Å²) in [6, 6.07) is 13.4. The second-order valence-corrected chi connectivity index (χ2v) is 5.74. The number of thiophene rings is 1. The minimum Gasteiger partial charge on any atom is -0.497 e. The monoisotopic (exact) mass is 312 g/mol. The van der Waals surface area contributed by atoms with E-state index in [4.69, 9.17) is 4.74 Å². The van der Waals surface area contributed by atoms with E-state index in [2.05, 4.69) is 10.3 Å². The van der Waals surface area contributed by atoms with Crippen molar-refractivity contribution in [3.63, 3.8) is 0 Å². The van der Waals surface area contributed by atoms with Crippen molar-refractivity contribution in [3.05, 3.63) is 59.6 Å². The number of H-pyrrole nitrogens is 1. The quantitative estimate of drug-likeness (QED) is 0.750. The lowest BCUT2D eigenvalue weighted by Crippen LogP contribution is -2.14. The Bertz CT molecular complexity index is 745. The predicted octanol–water partition coefficient (Wildman–Crippen LogP) is 3.93. The fraction of sp³-hybridized carbons (Fsp3) is 0.118. The van der Waals surface area contributed by atoms with Crippen LogP contribution in [0.2, 0.25) is 0 Å². The van der Waals surface area contributed by atoms with E-state index in [-0.39, 0.29) is 5.91 Å². The third kappa shape index (κ3) is 3.20. The van der Waals surface area contributed by atoms with Crippen LogP contribution in [0.4, 0.5) is 5.69 Å². The number of carbonyl (C=O) groups is 1. The van der Waals surface area contributed by atoms with E-state index in [1.54, 1.807) is 18.4 Å². The van der Waals surface area contributed by atoms with E-state index in [1.807, 2.05) is 54.0 Å². The van der Waals surface area contributed by atoms with E-state index in [1.165, 1.54) is 0 Å². The highest BCUT2D eigenvalue weighted by Gasteiger charge is 2.11. The maximum Gasteiger partial charge on any atom is 0.228 e. The molecule has 0 saturated heterocycles. The summed E-state index contributed by atoms with van der Waals surface area (Å²) in [5.74, 6) is 0.757. The lowest BCUT2D eigenvalue weighted by molar-refractivity contribution is -0.115. The Hall–Kier alpha value is -2.53. The number of amides is 1. The number of aromatic amines is 1. The summed E-state index contributed by atoms with van der Waals surface area (Å²) in [4.78, 5) is 16.4. The van der Waals surface area contributed by atoms with Crippen LogP contribution in [0.3, 0.4) is 0 Å². The van der Waals surface area contributed by atoms with Crippen LogP contribution in [0.5, 0.6) is 5.75 Å². The summed E-state index contributed by atoms with van der Waals surface area (Å²) in [5.41, 5.74) is 2.80. The number of ether oxygens (including phenoxy) is 1. The van der Waals surface area contributed by atoms with Crippen molar-refractivity contribution >= 4 is 22.9 Å². The molecular formula is C17H16N2O2S. The van der Waals surface area contributed by atoms with Crippen molar-refractivity contribution in [2.75, 3.05) is 12.4 Å². The first-order valence-corrected chi connectivity index (χ1v) is 7.78. The van der Waals surface area contributed by atoms with Gasteiger partial charge in [-0.2, -0.15) is 0 Å². The van der Waals surface area contributed by atoms with Crippen molar-refractivity contribution in [3.8, 4) is 16.3 Å². The van der Waals surface area contributed by atoms with E-state index < -0.39 is 0 Å². The highest BCUT2D eigenvalue weighted by molar-refractivity contribution is 7.14. The lowest BCUT2D eigenvalue weighted by Gasteiger charge is -2.06. The highest BCUT2D eigenvalue weighted by atomic mass is 32.1. The molecule has 0 radical (unpaired) electrons. The molecule has 3 aromatic rings. The Balaban J connectivity index is 1.68. The molecule has 5 heteroatoms. The Labute approximate surface area is 132 Å². The average Bonchev–Trinajstić information content (AvgIpc) is 3.18. The van der Waals surface area contributed by atoms with Gasteiger partial charge in [0, 0.05) is 6.20 Å². The normalized spacial score (nSPS) is 10.4. The molecule has 0 spiro atoms. The van der Waals surface area contributed by atoms with Gasteiger partial charge in [-0.3, -0.25) is 4.79 Å². The van der Waals surface area contributed by atoms with Gasteiger partial charge >= 0.3 is 0 Å². The molecule has 2 N–H and O–H groups in total. The standard InChI is InChI=1S/C17H16N2O2S/c1-21-13-6-4-12(5-7-13)11-16(20)19-15-8-10-22-17(15)14-3-2-9-18-14/h2-10,18H,11H2,1H3,(H,19,20). The molecule has 2 aromatic heterocycles. The minimum absolute atomic E-state index is 0.0311. The number of hydrogen-bond donors (Lipinski definition) is 2. The number of carbonyl (C=O) groups excluding carboxylic acids is 1. The Morgan fingerprint density at radius 1 is 1.23 bits per heavy atom. The number of hydrogen-bond acceptors (Lipinski definition) is 3. The molecule has 22 heavy (non-hydrogen) atoms. The van der Waals surface area contributed by atoms with Gasteiger partial charge in [0.1, 0.15) is 5.75 Å². The van der Waals surface area contributed by atoms with Gasteiger partial charge in [0.2, 0.25) is 5.91 Å². The van der Waals surface area contributed by atoms with Crippen LogP contribution >= 0.6 is 11.3 Å². The average molecular weight is 312 g/mol. The molecule has 4 nitrogen and oxygen atoms in total. The molecule has 0 aliphatic carbocycles.